The molecule has 1 aliphatic carbocycles. The molecule has 2 atom stereocenters. The fourth-order valence-electron chi connectivity index (χ4n) is 2.97. The lowest BCUT2D eigenvalue weighted by molar-refractivity contribution is 0.172. The molecule has 4 nitrogen and oxygen atoms in total. The van der Waals surface area contributed by atoms with Gasteiger partial charge in [-0.1, -0.05) is 12.8 Å². The summed E-state index contributed by atoms with van der Waals surface area (Å²) in [6, 6.07) is 4.34. The third-order valence-electron chi connectivity index (χ3n) is 4.06. The smallest absolute Gasteiger partial charge is 0.163 e. The topological polar surface area (TPSA) is 56.5 Å². The average Bonchev–Trinajstić information content (AvgIpc) is 2.48. The van der Waals surface area contributed by atoms with Gasteiger partial charge in [0.05, 0.1) is 11.4 Å². The van der Waals surface area contributed by atoms with Crippen LogP contribution in [0.2, 0.25) is 0 Å². The lowest BCUT2D eigenvalue weighted by Crippen LogP contribution is -2.34. The van der Waals surface area contributed by atoms with Crippen molar-refractivity contribution in [2.45, 2.75) is 37.0 Å². The molecule has 0 bridgehead atoms. The molecule has 2 aliphatic rings. The largest absolute Gasteiger partial charge is 0.486 e. The van der Waals surface area contributed by atoms with Crippen LogP contribution in [0.25, 0.3) is 0 Å². The van der Waals surface area contributed by atoms with Crippen molar-refractivity contribution < 1.29 is 9.47 Å². The van der Waals surface area contributed by atoms with Crippen LogP contribution in [0.5, 0.6) is 11.5 Å². The maximum atomic E-state index is 6.14. The number of hydrogen-bond donors (Lipinski definition) is 2. The molecule has 1 heterocycles. The molecule has 0 aromatic heterocycles. The van der Waals surface area contributed by atoms with Gasteiger partial charge < -0.3 is 20.5 Å². The second-order valence-corrected chi connectivity index (χ2v) is 6.47. The van der Waals surface area contributed by atoms with Gasteiger partial charge in [-0.2, -0.15) is 11.8 Å². The third kappa shape index (κ3) is 2.77. The second-order valence-electron chi connectivity index (χ2n) is 5.39. The van der Waals surface area contributed by atoms with E-state index in [2.05, 4.69) is 11.6 Å². The molecule has 0 radical (unpaired) electrons. The quantitative estimate of drug-likeness (QED) is 0.839. The summed E-state index contributed by atoms with van der Waals surface area (Å²) in [6.45, 7) is 1.20. The van der Waals surface area contributed by atoms with Crippen molar-refractivity contribution in [3.05, 3.63) is 12.1 Å². The monoisotopic (exact) mass is 294 g/mol. The summed E-state index contributed by atoms with van der Waals surface area (Å²) in [6.07, 6.45) is 7.31. The van der Waals surface area contributed by atoms with E-state index in [0.29, 0.717) is 24.5 Å². The van der Waals surface area contributed by atoms with Crippen molar-refractivity contribution in [2.75, 3.05) is 30.5 Å². The Labute approximate surface area is 124 Å². The Bertz CT molecular complexity index is 481. The van der Waals surface area contributed by atoms with Gasteiger partial charge in [-0.15, -0.1) is 0 Å². The summed E-state index contributed by atoms with van der Waals surface area (Å²) in [4.78, 5) is 0. The number of anilines is 2. The Kier molecular flexibility index (Phi) is 4.15. The minimum atomic E-state index is 0.489. The number of nitrogen functional groups attached to an aromatic ring is 1. The minimum Gasteiger partial charge on any atom is -0.486 e. The summed E-state index contributed by atoms with van der Waals surface area (Å²) in [5, 5.41) is 4.28. The summed E-state index contributed by atoms with van der Waals surface area (Å²) in [5.41, 5.74) is 7.85. The lowest BCUT2D eigenvalue weighted by Gasteiger charge is -2.32. The van der Waals surface area contributed by atoms with Crippen molar-refractivity contribution in [1.82, 2.24) is 0 Å². The zero-order valence-corrected chi connectivity index (χ0v) is 12.7. The van der Waals surface area contributed by atoms with Crippen molar-refractivity contribution in [2.24, 2.45) is 0 Å². The number of nitrogens with one attached hydrogen (secondary N) is 1. The normalized spacial score (nSPS) is 25.2. The van der Waals surface area contributed by atoms with Crippen LogP contribution in [0.1, 0.15) is 25.7 Å². The Morgan fingerprint density at radius 2 is 1.85 bits per heavy atom. The Hall–Kier alpha value is -1.23. The fourth-order valence-corrected chi connectivity index (χ4v) is 3.91. The first kappa shape index (κ1) is 13.7. The number of benzene rings is 1. The molecule has 0 amide bonds. The molecule has 5 heteroatoms. The van der Waals surface area contributed by atoms with Gasteiger partial charge in [0.15, 0.2) is 11.5 Å². The second kappa shape index (κ2) is 6.04. The summed E-state index contributed by atoms with van der Waals surface area (Å²) in [5.74, 6) is 1.55. The van der Waals surface area contributed by atoms with Gasteiger partial charge in [0.25, 0.3) is 0 Å². The molecule has 3 rings (SSSR count). The molecule has 1 aromatic rings. The molecular weight excluding hydrogens is 272 g/mol. The zero-order chi connectivity index (χ0) is 13.9. The number of hydrogen-bond acceptors (Lipinski definition) is 5. The predicted octanol–water partition coefficient (Wildman–Crippen LogP) is 3.13. The molecule has 110 valence electrons. The fraction of sp³-hybridized carbons (Fsp3) is 0.600. The zero-order valence-electron chi connectivity index (χ0n) is 11.9. The highest BCUT2D eigenvalue weighted by atomic mass is 32.2. The summed E-state index contributed by atoms with van der Waals surface area (Å²) >= 11 is 1.95. The van der Waals surface area contributed by atoms with E-state index < -0.39 is 0 Å². The maximum absolute atomic E-state index is 6.14. The van der Waals surface area contributed by atoms with Crippen LogP contribution >= 0.6 is 11.8 Å². The first-order valence-corrected chi connectivity index (χ1v) is 8.55. The maximum Gasteiger partial charge on any atom is 0.163 e. The average molecular weight is 294 g/mol. The summed E-state index contributed by atoms with van der Waals surface area (Å²) < 4.78 is 11.2. The van der Waals surface area contributed by atoms with Crippen LogP contribution in [0.4, 0.5) is 11.4 Å². The third-order valence-corrected chi connectivity index (χ3v) is 5.23. The Morgan fingerprint density at radius 1 is 1.15 bits per heavy atom. The first-order chi connectivity index (χ1) is 9.78. The van der Waals surface area contributed by atoms with Gasteiger partial charge in [-0.05, 0) is 19.1 Å². The van der Waals surface area contributed by atoms with Gasteiger partial charge in [-0.3, -0.25) is 0 Å². The standard InChI is InChI=1S/C15H22N2O2S/c1-20-15-5-3-2-4-11(15)17-12-9-14-13(8-10(12)16)18-6-7-19-14/h8-9,11,15,17H,2-7,16H2,1H3. The molecular formula is C15H22N2O2S. The highest BCUT2D eigenvalue weighted by molar-refractivity contribution is 7.99. The van der Waals surface area contributed by atoms with Crippen LogP contribution in [0.15, 0.2) is 12.1 Å². The summed E-state index contributed by atoms with van der Waals surface area (Å²) in [7, 11) is 0. The number of ether oxygens (including phenoxy) is 2. The number of thioether (sulfide) groups is 1. The molecule has 1 aliphatic heterocycles. The molecule has 1 aromatic carbocycles. The SMILES string of the molecule is CSC1CCCCC1Nc1cc2c(cc1N)OCCO2. The molecule has 0 saturated heterocycles. The van der Waals surface area contributed by atoms with E-state index in [0.717, 1.165) is 22.9 Å². The van der Waals surface area contributed by atoms with E-state index in [1.807, 2.05) is 23.9 Å². The van der Waals surface area contributed by atoms with Gasteiger partial charge in [0.2, 0.25) is 0 Å². The highest BCUT2D eigenvalue weighted by Crippen LogP contribution is 2.38. The Morgan fingerprint density at radius 3 is 2.60 bits per heavy atom. The molecule has 20 heavy (non-hydrogen) atoms. The molecule has 1 fully saturated rings. The van der Waals surface area contributed by atoms with Gasteiger partial charge in [-0.25, -0.2) is 0 Å². The van der Waals surface area contributed by atoms with Crippen LogP contribution in [0, 0.1) is 0 Å². The van der Waals surface area contributed by atoms with Crippen molar-refractivity contribution >= 4 is 23.1 Å². The van der Waals surface area contributed by atoms with Crippen LogP contribution in [-0.2, 0) is 0 Å². The minimum absolute atomic E-state index is 0.489. The number of rotatable bonds is 3. The van der Waals surface area contributed by atoms with Crippen molar-refractivity contribution in [3.8, 4) is 11.5 Å². The van der Waals surface area contributed by atoms with Crippen LogP contribution < -0.4 is 20.5 Å². The van der Waals surface area contributed by atoms with Crippen molar-refractivity contribution in [1.29, 1.82) is 0 Å². The molecule has 0 spiro atoms. The highest BCUT2D eigenvalue weighted by Gasteiger charge is 2.25. The number of fused-ring (bicyclic) bond motifs is 1. The number of nitrogens with two attached hydrogens (primary N) is 1. The molecule has 2 unspecified atom stereocenters. The molecule has 1 saturated carbocycles. The van der Waals surface area contributed by atoms with E-state index in [-0.39, 0.29) is 0 Å². The van der Waals surface area contributed by atoms with Crippen molar-refractivity contribution in [3.63, 3.8) is 0 Å². The predicted molar refractivity (Wildman–Crippen MR) is 85.0 cm³/mol. The van der Waals surface area contributed by atoms with Gasteiger partial charge >= 0.3 is 0 Å². The van der Waals surface area contributed by atoms with Gasteiger partial charge in [0, 0.05) is 23.4 Å². The van der Waals surface area contributed by atoms with E-state index in [1.165, 1.54) is 25.7 Å². The first-order valence-electron chi connectivity index (χ1n) is 7.26. The van der Waals surface area contributed by atoms with Gasteiger partial charge in [0.1, 0.15) is 13.2 Å². The lowest BCUT2D eigenvalue weighted by atomic mass is 9.94. The molecule has 3 N–H and O–H groups in total. The van der Waals surface area contributed by atoms with E-state index in [9.17, 15) is 0 Å². The van der Waals surface area contributed by atoms with E-state index in [1.54, 1.807) is 0 Å². The van der Waals surface area contributed by atoms with Crippen LogP contribution in [-0.4, -0.2) is 30.8 Å². The van der Waals surface area contributed by atoms with Crippen LogP contribution in [0.3, 0.4) is 0 Å². The Balaban J connectivity index is 1.79. The van der Waals surface area contributed by atoms with E-state index >= 15 is 0 Å². The van der Waals surface area contributed by atoms with E-state index in [4.69, 9.17) is 15.2 Å².